The van der Waals surface area contributed by atoms with Crippen LogP contribution in [-0.4, -0.2) is 0 Å². The van der Waals surface area contributed by atoms with Gasteiger partial charge < -0.3 is 0 Å². The lowest BCUT2D eigenvalue weighted by Crippen LogP contribution is -1.97. The molecule has 0 aromatic heterocycles. The number of rotatable bonds is 2. The molecule has 0 fully saturated rings. The molecule has 0 amide bonds. The molecule has 2 rings (SSSR count). The highest BCUT2D eigenvalue weighted by atomic mass is 35.5. The van der Waals surface area contributed by atoms with Crippen LogP contribution in [0.5, 0.6) is 0 Å². The van der Waals surface area contributed by atoms with Crippen LogP contribution in [-0.2, 0) is 0 Å². The second-order valence-electron chi connectivity index (χ2n) is 3.58. The molecule has 2 aromatic carbocycles. The van der Waals surface area contributed by atoms with Crippen molar-refractivity contribution in [1.29, 1.82) is 0 Å². The van der Waals surface area contributed by atoms with Gasteiger partial charge >= 0.3 is 0 Å². The SMILES string of the molecule is Fc1ccc(C(Cl)c2ccc(F)cc2F)cc1. The van der Waals surface area contributed by atoms with Crippen LogP contribution in [0.1, 0.15) is 16.5 Å². The monoisotopic (exact) mass is 256 g/mol. The highest BCUT2D eigenvalue weighted by molar-refractivity contribution is 6.22. The minimum atomic E-state index is -0.767. The molecular weight excluding hydrogens is 249 g/mol. The first kappa shape index (κ1) is 12.0. The predicted molar refractivity (Wildman–Crippen MR) is 60.5 cm³/mol. The van der Waals surface area contributed by atoms with Crippen LogP contribution < -0.4 is 0 Å². The van der Waals surface area contributed by atoms with E-state index in [0.717, 1.165) is 12.1 Å². The van der Waals surface area contributed by atoms with Gasteiger partial charge in [0.25, 0.3) is 0 Å². The number of halogens is 4. The van der Waals surface area contributed by atoms with E-state index in [-0.39, 0.29) is 5.56 Å². The van der Waals surface area contributed by atoms with Crippen LogP contribution in [0.4, 0.5) is 13.2 Å². The lowest BCUT2D eigenvalue weighted by Gasteiger charge is -2.11. The number of alkyl halides is 1. The summed E-state index contributed by atoms with van der Waals surface area (Å²) >= 11 is 6.06. The average molecular weight is 257 g/mol. The third-order valence-corrected chi connectivity index (χ3v) is 2.89. The van der Waals surface area contributed by atoms with E-state index < -0.39 is 22.8 Å². The van der Waals surface area contributed by atoms with Crippen molar-refractivity contribution in [3.05, 3.63) is 71.0 Å². The fraction of sp³-hybridized carbons (Fsp3) is 0.0769. The Morgan fingerprint density at radius 1 is 0.824 bits per heavy atom. The van der Waals surface area contributed by atoms with Gasteiger partial charge in [-0.3, -0.25) is 0 Å². The minimum absolute atomic E-state index is 0.166. The summed E-state index contributed by atoms with van der Waals surface area (Å²) in [5.41, 5.74) is 0.721. The summed E-state index contributed by atoms with van der Waals surface area (Å²) in [7, 11) is 0. The first-order valence-electron chi connectivity index (χ1n) is 4.92. The van der Waals surface area contributed by atoms with Gasteiger partial charge in [-0.1, -0.05) is 18.2 Å². The summed E-state index contributed by atoms with van der Waals surface area (Å²) < 4.78 is 38.9. The van der Waals surface area contributed by atoms with Crippen molar-refractivity contribution in [2.24, 2.45) is 0 Å². The van der Waals surface area contributed by atoms with Crippen LogP contribution in [0.3, 0.4) is 0 Å². The maximum atomic E-state index is 13.5. The number of hydrogen-bond acceptors (Lipinski definition) is 0. The van der Waals surface area contributed by atoms with Gasteiger partial charge in [-0.25, -0.2) is 13.2 Å². The van der Waals surface area contributed by atoms with E-state index in [1.54, 1.807) is 0 Å². The zero-order valence-electron chi connectivity index (χ0n) is 8.63. The normalized spacial score (nSPS) is 12.5. The van der Waals surface area contributed by atoms with Gasteiger partial charge in [-0.15, -0.1) is 11.6 Å². The Morgan fingerprint density at radius 2 is 1.41 bits per heavy atom. The van der Waals surface area contributed by atoms with Crippen LogP contribution >= 0.6 is 11.6 Å². The van der Waals surface area contributed by atoms with Crippen LogP contribution in [0.25, 0.3) is 0 Å². The molecule has 17 heavy (non-hydrogen) atoms. The van der Waals surface area contributed by atoms with Crippen LogP contribution in [0.15, 0.2) is 42.5 Å². The lowest BCUT2D eigenvalue weighted by atomic mass is 10.0. The molecule has 0 saturated carbocycles. The predicted octanol–water partition coefficient (Wildman–Crippen LogP) is 4.43. The molecule has 4 heteroatoms. The topological polar surface area (TPSA) is 0 Å². The Balaban J connectivity index is 2.36. The Morgan fingerprint density at radius 3 is 2.00 bits per heavy atom. The highest BCUT2D eigenvalue weighted by Crippen LogP contribution is 2.30. The fourth-order valence-corrected chi connectivity index (χ4v) is 1.84. The summed E-state index contributed by atoms with van der Waals surface area (Å²) in [6.45, 7) is 0. The smallest absolute Gasteiger partial charge is 0.131 e. The molecule has 0 N–H and O–H groups in total. The molecule has 0 aliphatic heterocycles. The van der Waals surface area contributed by atoms with E-state index in [1.165, 1.54) is 30.3 Å². The summed E-state index contributed by atoms with van der Waals surface area (Å²) in [5, 5.41) is -0.767. The second kappa shape index (κ2) is 4.80. The van der Waals surface area contributed by atoms with Gasteiger partial charge in [0.2, 0.25) is 0 Å². The van der Waals surface area contributed by atoms with Gasteiger partial charge in [-0.05, 0) is 23.8 Å². The van der Waals surface area contributed by atoms with Gasteiger partial charge in [-0.2, -0.15) is 0 Å². The van der Waals surface area contributed by atoms with Gasteiger partial charge in [0, 0.05) is 11.6 Å². The first-order chi connectivity index (χ1) is 8.08. The summed E-state index contributed by atoms with van der Waals surface area (Å²) in [6.07, 6.45) is 0. The molecule has 0 aliphatic carbocycles. The van der Waals surface area contributed by atoms with Crippen LogP contribution in [0.2, 0.25) is 0 Å². The molecule has 0 radical (unpaired) electrons. The van der Waals surface area contributed by atoms with E-state index in [4.69, 9.17) is 11.6 Å². The van der Waals surface area contributed by atoms with Crippen LogP contribution in [0, 0.1) is 17.5 Å². The van der Waals surface area contributed by atoms with E-state index in [1.807, 2.05) is 0 Å². The van der Waals surface area contributed by atoms with E-state index in [2.05, 4.69) is 0 Å². The summed E-state index contributed by atoms with van der Waals surface area (Å²) in [4.78, 5) is 0. The zero-order chi connectivity index (χ0) is 12.4. The van der Waals surface area contributed by atoms with Crippen molar-refractivity contribution in [3.8, 4) is 0 Å². The fourth-order valence-electron chi connectivity index (χ4n) is 1.52. The quantitative estimate of drug-likeness (QED) is 0.697. The average Bonchev–Trinajstić information content (AvgIpc) is 2.29. The van der Waals surface area contributed by atoms with E-state index in [0.29, 0.717) is 5.56 Å². The van der Waals surface area contributed by atoms with E-state index >= 15 is 0 Å². The van der Waals surface area contributed by atoms with Crippen molar-refractivity contribution in [2.45, 2.75) is 5.38 Å². The molecule has 1 atom stereocenters. The van der Waals surface area contributed by atoms with Gasteiger partial charge in [0.1, 0.15) is 17.5 Å². The molecule has 0 heterocycles. The molecule has 88 valence electrons. The van der Waals surface area contributed by atoms with Crippen molar-refractivity contribution in [1.82, 2.24) is 0 Å². The molecule has 0 nitrogen and oxygen atoms in total. The molecule has 1 unspecified atom stereocenters. The Kier molecular flexibility index (Phi) is 3.38. The summed E-state index contributed by atoms with van der Waals surface area (Å²) in [5.74, 6) is -1.76. The third kappa shape index (κ3) is 2.61. The largest absolute Gasteiger partial charge is 0.207 e. The van der Waals surface area contributed by atoms with Crippen molar-refractivity contribution in [3.63, 3.8) is 0 Å². The highest BCUT2D eigenvalue weighted by Gasteiger charge is 2.15. The second-order valence-corrected chi connectivity index (χ2v) is 4.02. The van der Waals surface area contributed by atoms with Crippen molar-refractivity contribution >= 4 is 11.6 Å². The van der Waals surface area contributed by atoms with E-state index in [9.17, 15) is 13.2 Å². The molecule has 0 aliphatic rings. The maximum Gasteiger partial charge on any atom is 0.131 e. The lowest BCUT2D eigenvalue weighted by molar-refractivity contribution is 0.573. The molecule has 2 aromatic rings. The van der Waals surface area contributed by atoms with Gasteiger partial charge in [0.05, 0.1) is 5.38 Å². The van der Waals surface area contributed by atoms with Gasteiger partial charge in [0.15, 0.2) is 0 Å². The Hall–Kier alpha value is -1.48. The molecule has 0 bridgehead atoms. The van der Waals surface area contributed by atoms with Crippen molar-refractivity contribution < 1.29 is 13.2 Å². The molecule has 0 saturated heterocycles. The Labute approximate surface area is 102 Å². The zero-order valence-corrected chi connectivity index (χ0v) is 9.39. The summed E-state index contributed by atoms with van der Waals surface area (Å²) in [6, 6.07) is 8.61. The minimum Gasteiger partial charge on any atom is -0.207 e. The Bertz CT molecular complexity index is 523. The third-order valence-electron chi connectivity index (χ3n) is 2.40. The number of benzene rings is 2. The van der Waals surface area contributed by atoms with Crippen molar-refractivity contribution in [2.75, 3.05) is 0 Å². The first-order valence-corrected chi connectivity index (χ1v) is 5.36. The standard InChI is InChI=1S/C13H8ClF3/c14-13(8-1-3-9(15)4-2-8)11-6-5-10(16)7-12(11)17/h1-7,13H. The maximum absolute atomic E-state index is 13.5. The number of hydrogen-bond donors (Lipinski definition) is 0. The molecular formula is C13H8ClF3. The molecule has 0 spiro atoms.